The molecule has 11 atom stereocenters. The van der Waals surface area contributed by atoms with Gasteiger partial charge in [0.05, 0.1) is 0 Å². The fourth-order valence-electron chi connectivity index (χ4n) is 12.0. The SMILES string of the molecule is CC1CCCC2CCC3C(SC4CCC5CC(C)C([Si](C)(C)N(C(C)(C)C)C(C)(C)C)C5C43)C12. The summed E-state index contributed by atoms with van der Waals surface area (Å²) in [5.74, 6) is 8.12. The largest absolute Gasteiger partial charge is 0.314 e. The second-order valence-electron chi connectivity index (χ2n) is 16.2. The third kappa shape index (κ3) is 4.13. The normalized spacial score (nSPS) is 47.2. The monoisotopic (exact) mass is 503 g/mol. The Morgan fingerprint density at radius 2 is 1.35 bits per heavy atom. The van der Waals surface area contributed by atoms with Crippen LogP contribution in [0.25, 0.3) is 0 Å². The van der Waals surface area contributed by atoms with Crippen LogP contribution in [-0.4, -0.2) is 34.4 Å². The van der Waals surface area contributed by atoms with Gasteiger partial charge >= 0.3 is 0 Å². The number of nitrogens with zero attached hydrogens (tertiary/aromatic N) is 1. The first-order valence-electron chi connectivity index (χ1n) is 15.2. The van der Waals surface area contributed by atoms with E-state index in [2.05, 4.69) is 84.8 Å². The fourth-order valence-corrected chi connectivity index (χ4v) is 21.2. The van der Waals surface area contributed by atoms with Crippen LogP contribution in [-0.2, 0) is 0 Å². The minimum Gasteiger partial charge on any atom is -0.314 e. The molecule has 11 unspecified atom stereocenters. The van der Waals surface area contributed by atoms with Crippen molar-refractivity contribution in [2.45, 2.75) is 147 Å². The zero-order valence-corrected chi connectivity index (χ0v) is 26.2. The van der Waals surface area contributed by atoms with Gasteiger partial charge in [-0.05, 0) is 127 Å². The average Bonchev–Trinajstić information content (AvgIpc) is 3.21. The maximum atomic E-state index is 3.07. The van der Waals surface area contributed by atoms with Gasteiger partial charge in [0.2, 0.25) is 0 Å². The summed E-state index contributed by atoms with van der Waals surface area (Å²) in [7, 11) is -1.68. The minimum absolute atomic E-state index is 0.238. The topological polar surface area (TPSA) is 3.24 Å². The van der Waals surface area contributed by atoms with Gasteiger partial charge in [0, 0.05) is 21.6 Å². The first-order chi connectivity index (χ1) is 15.7. The van der Waals surface area contributed by atoms with Crippen LogP contribution in [0.5, 0.6) is 0 Å². The predicted molar refractivity (Wildman–Crippen MR) is 154 cm³/mol. The van der Waals surface area contributed by atoms with E-state index in [-0.39, 0.29) is 11.1 Å². The molecule has 0 aromatic carbocycles. The Labute approximate surface area is 218 Å². The van der Waals surface area contributed by atoms with Crippen LogP contribution in [0.4, 0.5) is 0 Å². The number of hydrogen-bond acceptors (Lipinski definition) is 2. The molecule has 4 saturated carbocycles. The molecule has 1 nitrogen and oxygen atoms in total. The molecule has 0 amide bonds. The standard InChI is InChI=1S/C31H57NSSi/c1-19-12-11-13-21-14-16-23-27-24(33-28(23)25(19)21)17-15-22-18-20(2)29(26(22)27)34(9,10)32(30(3,4)5)31(6,7)8/h19-29H,11-18H2,1-10H3. The summed E-state index contributed by atoms with van der Waals surface area (Å²) in [4.78, 5) is 0. The molecular weight excluding hydrogens is 447 g/mol. The fraction of sp³-hybridized carbons (Fsp3) is 1.00. The van der Waals surface area contributed by atoms with E-state index in [1.54, 1.807) is 25.7 Å². The Kier molecular flexibility index (Phi) is 6.76. The van der Waals surface area contributed by atoms with Crippen molar-refractivity contribution >= 4 is 20.0 Å². The number of thioether (sulfide) groups is 1. The van der Waals surface area contributed by atoms with Crippen LogP contribution in [0.15, 0.2) is 0 Å². The maximum absolute atomic E-state index is 3.07. The Morgan fingerprint density at radius 3 is 2.00 bits per heavy atom. The molecule has 1 saturated heterocycles. The van der Waals surface area contributed by atoms with Gasteiger partial charge in [-0.1, -0.05) is 46.2 Å². The Morgan fingerprint density at radius 1 is 0.706 bits per heavy atom. The molecule has 1 aliphatic heterocycles. The predicted octanol–water partition coefficient (Wildman–Crippen LogP) is 9.09. The third-order valence-corrected chi connectivity index (χ3v) is 18.6. The van der Waals surface area contributed by atoms with Gasteiger partial charge in [0.15, 0.2) is 0 Å². The number of hydrogen-bond donors (Lipinski definition) is 0. The van der Waals surface area contributed by atoms with E-state index in [0.29, 0.717) is 0 Å². The van der Waals surface area contributed by atoms with Crippen LogP contribution >= 0.6 is 11.8 Å². The second kappa shape index (κ2) is 8.79. The zero-order chi connectivity index (χ0) is 24.8. The Balaban J connectivity index is 1.50. The molecule has 0 aromatic rings. The molecule has 0 N–H and O–H groups in total. The summed E-state index contributed by atoms with van der Waals surface area (Å²) in [5.41, 5.74) is 1.44. The molecule has 0 spiro atoms. The molecule has 5 aliphatic rings. The van der Waals surface area contributed by atoms with Crippen LogP contribution < -0.4 is 0 Å². The summed E-state index contributed by atoms with van der Waals surface area (Å²) in [6.07, 6.45) is 12.3. The van der Waals surface area contributed by atoms with E-state index in [9.17, 15) is 0 Å². The first-order valence-corrected chi connectivity index (χ1v) is 19.2. The van der Waals surface area contributed by atoms with Gasteiger partial charge in [-0.3, -0.25) is 0 Å². The van der Waals surface area contributed by atoms with Crippen molar-refractivity contribution in [1.29, 1.82) is 0 Å². The van der Waals surface area contributed by atoms with E-state index < -0.39 is 8.24 Å². The molecule has 5 fully saturated rings. The molecule has 0 radical (unpaired) electrons. The van der Waals surface area contributed by atoms with Crippen molar-refractivity contribution in [3.63, 3.8) is 0 Å². The van der Waals surface area contributed by atoms with Gasteiger partial charge in [0.25, 0.3) is 0 Å². The summed E-state index contributed by atoms with van der Waals surface area (Å²) in [6.45, 7) is 25.9. The lowest BCUT2D eigenvalue weighted by molar-refractivity contribution is 0.0441. The van der Waals surface area contributed by atoms with Crippen molar-refractivity contribution in [2.75, 3.05) is 0 Å². The molecule has 5 rings (SSSR count). The van der Waals surface area contributed by atoms with Crippen molar-refractivity contribution in [2.24, 2.45) is 47.3 Å². The van der Waals surface area contributed by atoms with E-state index in [4.69, 9.17) is 0 Å². The van der Waals surface area contributed by atoms with Crippen molar-refractivity contribution in [3.8, 4) is 0 Å². The summed E-state index contributed by atoms with van der Waals surface area (Å²) in [6, 6.07) is 0. The van der Waals surface area contributed by atoms with Gasteiger partial charge < -0.3 is 4.57 Å². The lowest BCUT2D eigenvalue weighted by Crippen LogP contribution is -2.68. The number of fused-ring (bicyclic) bond motifs is 7. The summed E-state index contributed by atoms with van der Waals surface area (Å²) >= 11 is 2.55. The van der Waals surface area contributed by atoms with Crippen LogP contribution in [0.2, 0.25) is 18.6 Å². The smallest absolute Gasteiger partial charge is 0.126 e. The second-order valence-corrected chi connectivity index (χ2v) is 22.0. The minimum atomic E-state index is -1.68. The van der Waals surface area contributed by atoms with E-state index in [0.717, 1.165) is 63.4 Å². The first kappa shape index (κ1) is 26.1. The van der Waals surface area contributed by atoms with Crippen molar-refractivity contribution in [3.05, 3.63) is 0 Å². The Bertz CT molecular complexity index is 736. The molecule has 0 aromatic heterocycles. The van der Waals surface area contributed by atoms with E-state index >= 15 is 0 Å². The van der Waals surface area contributed by atoms with Crippen LogP contribution in [0, 0.1) is 47.3 Å². The Hall–Kier alpha value is 0.527. The molecule has 3 heteroatoms. The zero-order valence-electron chi connectivity index (χ0n) is 24.4. The summed E-state index contributed by atoms with van der Waals surface area (Å²) < 4.78 is 3.07. The van der Waals surface area contributed by atoms with Gasteiger partial charge in [-0.25, -0.2) is 0 Å². The average molecular weight is 504 g/mol. The summed E-state index contributed by atoms with van der Waals surface area (Å²) in [5, 5.41) is 1.99. The molecular formula is C31H57NSSi. The molecule has 1 heterocycles. The molecule has 4 aliphatic carbocycles. The highest BCUT2D eigenvalue weighted by Crippen LogP contribution is 2.68. The number of rotatable bonds is 2. The highest BCUT2D eigenvalue weighted by atomic mass is 32.2. The quantitative estimate of drug-likeness (QED) is 0.346. The van der Waals surface area contributed by atoms with Crippen LogP contribution in [0.1, 0.15) is 107 Å². The maximum Gasteiger partial charge on any atom is 0.126 e. The lowest BCUT2D eigenvalue weighted by atomic mass is 9.58. The molecule has 196 valence electrons. The van der Waals surface area contributed by atoms with Crippen LogP contribution in [0.3, 0.4) is 0 Å². The van der Waals surface area contributed by atoms with Gasteiger partial charge in [0.1, 0.15) is 8.24 Å². The highest BCUT2D eigenvalue weighted by Gasteiger charge is 2.63. The van der Waals surface area contributed by atoms with Crippen molar-refractivity contribution < 1.29 is 0 Å². The van der Waals surface area contributed by atoms with Crippen molar-refractivity contribution in [1.82, 2.24) is 4.57 Å². The molecule has 34 heavy (non-hydrogen) atoms. The lowest BCUT2D eigenvalue weighted by Gasteiger charge is -2.59. The van der Waals surface area contributed by atoms with E-state index in [1.165, 1.54) is 25.7 Å². The molecule has 0 bridgehead atoms. The van der Waals surface area contributed by atoms with Gasteiger partial charge in [-0.15, -0.1) is 0 Å². The highest BCUT2D eigenvalue weighted by molar-refractivity contribution is 8.00. The third-order valence-electron chi connectivity index (χ3n) is 11.6. The van der Waals surface area contributed by atoms with Gasteiger partial charge in [-0.2, -0.15) is 11.8 Å². The van der Waals surface area contributed by atoms with E-state index in [1.807, 2.05) is 0 Å².